The molecule has 96 valence electrons. The van der Waals surface area contributed by atoms with Gasteiger partial charge in [-0.1, -0.05) is 36.9 Å². The van der Waals surface area contributed by atoms with Crippen LogP contribution in [0.1, 0.15) is 25.5 Å². The minimum absolute atomic E-state index is 0.229. The van der Waals surface area contributed by atoms with Crippen LogP contribution in [0.15, 0.2) is 42.5 Å². The Morgan fingerprint density at radius 3 is 2.39 bits per heavy atom. The first-order valence-corrected chi connectivity index (χ1v) is 5.64. The highest BCUT2D eigenvalue weighted by Crippen LogP contribution is 2.20. The van der Waals surface area contributed by atoms with E-state index in [-0.39, 0.29) is 12.2 Å². The topological polar surface area (TPSA) is 52.6 Å². The van der Waals surface area contributed by atoms with Crippen LogP contribution in [0.4, 0.5) is 0 Å². The van der Waals surface area contributed by atoms with E-state index < -0.39 is 18.0 Å². The van der Waals surface area contributed by atoms with Crippen molar-refractivity contribution in [3.63, 3.8) is 0 Å². The Morgan fingerprint density at radius 1 is 1.28 bits per heavy atom. The normalized spacial score (nSPS) is 11.4. The summed E-state index contributed by atoms with van der Waals surface area (Å²) in [7, 11) is 0. The van der Waals surface area contributed by atoms with Gasteiger partial charge in [-0.25, -0.2) is 9.59 Å². The molecule has 0 radical (unpaired) electrons. The molecule has 0 heterocycles. The van der Waals surface area contributed by atoms with Crippen LogP contribution >= 0.6 is 0 Å². The molecule has 0 aliphatic carbocycles. The molecule has 4 heteroatoms. The largest absolute Gasteiger partial charge is 0.463 e. The van der Waals surface area contributed by atoms with E-state index in [0.717, 1.165) is 0 Å². The number of benzene rings is 1. The summed E-state index contributed by atoms with van der Waals surface area (Å²) in [6.07, 6.45) is -1.05. The van der Waals surface area contributed by atoms with Gasteiger partial charge >= 0.3 is 11.9 Å². The van der Waals surface area contributed by atoms with Gasteiger partial charge in [0, 0.05) is 11.1 Å². The smallest absolute Gasteiger partial charge is 0.352 e. The maximum atomic E-state index is 11.8. The lowest BCUT2D eigenvalue weighted by Crippen LogP contribution is -2.22. The molecule has 4 nitrogen and oxygen atoms in total. The molecule has 1 atom stereocenters. The average Bonchev–Trinajstić information content (AvgIpc) is 2.36. The second kappa shape index (κ2) is 6.59. The molecule has 1 unspecified atom stereocenters. The average molecular weight is 248 g/mol. The molecule has 0 fully saturated rings. The van der Waals surface area contributed by atoms with Crippen molar-refractivity contribution in [2.24, 2.45) is 0 Å². The molecular weight excluding hydrogens is 232 g/mol. The highest BCUT2D eigenvalue weighted by atomic mass is 16.6. The molecule has 0 saturated heterocycles. The first kappa shape index (κ1) is 14.0. The van der Waals surface area contributed by atoms with Gasteiger partial charge in [0.15, 0.2) is 0 Å². The van der Waals surface area contributed by atoms with E-state index in [4.69, 9.17) is 9.47 Å². The van der Waals surface area contributed by atoms with Gasteiger partial charge in [-0.05, 0) is 13.8 Å². The Morgan fingerprint density at radius 2 is 1.89 bits per heavy atom. The van der Waals surface area contributed by atoms with Crippen molar-refractivity contribution >= 4 is 11.9 Å². The summed E-state index contributed by atoms with van der Waals surface area (Å²) in [6, 6.07) is 8.74. The Bertz CT molecular complexity index is 436. The first-order chi connectivity index (χ1) is 8.56. The third-order valence-corrected chi connectivity index (χ3v) is 2.18. The van der Waals surface area contributed by atoms with Crippen molar-refractivity contribution in [1.82, 2.24) is 0 Å². The van der Waals surface area contributed by atoms with Crippen LogP contribution in [0, 0.1) is 0 Å². The van der Waals surface area contributed by atoms with Gasteiger partial charge in [0.2, 0.25) is 6.10 Å². The van der Waals surface area contributed by atoms with Gasteiger partial charge in [-0.15, -0.1) is 0 Å². The van der Waals surface area contributed by atoms with Gasteiger partial charge < -0.3 is 9.47 Å². The maximum Gasteiger partial charge on any atom is 0.352 e. The molecule has 0 N–H and O–H groups in total. The van der Waals surface area contributed by atoms with Crippen LogP contribution in [0.5, 0.6) is 0 Å². The number of hydrogen-bond donors (Lipinski definition) is 0. The molecule has 0 aromatic heterocycles. The summed E-state index contributed by atoms with van der Waals surface area (Å²) in [6.45, 7) is 6.93. The van der Waals surface area contributed by atoms with Crippen LogP contribution in [0.2, 0.25) is 0 Å². The van der Waals surface area contributed by atoms with E-state index in [9.17, 15) is 9.59 Å². The second-order valence-corrected chi connectivity index (χ2v) is 3.73. The summed E-state index contributed by atoms with van der Waals surface area (Å²) in [5, 5.41) is 0. The Hall–Kier alpha value is -2.10. The minimum Gasteiger partial charge on any atom is -0.463 e. The van der Waals surface area contributed by atoms with Crippen molar-refractivity contribution in [2.45, 2.75) is 20.0 Å². The molecule has 0 spiro atoms. The van der Waals surface area contributed by atoms with Gasteiger partial charge in [-0.3, -0.25) is 0 Å². The third kappa shape index (κ3) is 3.73. The predicted molar refractivity (Wildman–Crippen MR) is 66.7 cm³/mol. The Balaban J connectivity index is 2.92. The summed E-state index contributed by atoms with van der Waals surface area (Å²) in [5.74, 6) is -1.20. The number of esters is 2. The fourth-order valence-electron chi connectivity index (χ4n) is 1.31. The molecule has 1 rings (SSSR count). The SMILES string of the molecule is C=C(C)C(=O)OC(C(=O)OCC)c1ccccc1. The fourth-order valence-corrected chi connectivity index (χ4v) is 1.31. The standard InChI is InChI=1S/C14H16O4/c1-4-17-14(16)12(18-13(15)10(2)3)11-8-6-5-7-9-11/h5-9,12H,2,4H2,1,3H3. The third-order valence-electron chi connectivity index (χ3n) is 2.18. The van der Waals surface area contributed by atoms with Crippen LogP contribution in [-0.4, -0.2) is 18.5 Å². The number of hydrogen-bond acceptors (Lipinski definition) is 4. The molecule has 1 aromatic carbocycles. The maximum absolute atomic E-state index is 11.8. The van der Waals surface area contributed by atoms with Crippen molar-refractivity contribution in [3.8, 4) is 0 Å². The predicted octanol–water partition coefficient (Wildman–Crippen LogP) is 2.41. The summed E-state index contributed by atoms with van der Waals surface area (Å²) in [4.78, 5) is 23.3. The van der Waals surface area contributed by atoms with Gasteiger partial charge in [0.05, 0.1) is 6.61 Å². The molecule has 0 saturated carbocycles. The number of carbonyl (C=O) groups is 2. The lowest BCUT2D eigenvalue weighted by Gasteiger charge is -2.16. The molecule has 0 aliphatic heterocycles. The lowest BCUT2D eigenvalue weighted by atomic mass is 10.1. The second-order valence-electron chi connectivity index (χ2n) is 3.73. The van der Waals surface area contributed by atoms with Crippen LogP contribution in [0.25, 0.3) is 0 Å². The molecule has 18 heavy (non-hydrogen) atoms. The fraction of sp³-hybridized carbons (Fsp3) is 0.286. The van der Waals surface area contributed by atoms with Crippen LogP contribution in [0.3, 0.4) is 0 Å². The van der Waals surface area contributed by atoms with E-state index in [1.165, 1.54) is 6.92 Å². The zero-order valence-corrected chi connectivity index (χ0v) is 10.5. The number of rotatable bonds is 5. The van der Waals surface area contributed by atoms with Crippen molar-refractivity contribution < 1.29 is 19.1 Å². The van der Waals surface area contributed by atoms with Crippen molar-refractivity contribution in [1.29, 1.82) is 0 Å². The lowest BCUT2D eigenvalue weighted by molar-refractivity contribution is -0.166. The zero-order valence-electron chi connectivity index (χ0n) is 10.5. The monoisotopic (exact) mass is 248 g/mol. The molecule has 1 aromatic rings. The van der Waals surface area contributed by atoms with E-state index in [1.807, 2.05) is 6.07 Å². The quantitative estimate of drug-likeness (QED) is 0.593. The molecule has 0 bridgehead atoms. The van der Waals surface area contributed by atoms with Gasteiger partial charge in [-0.2, -0.15) is 0 Å². The van der Waals surface area contributed by atoms with Crippen molar-refractivity contribution in [3.05, 3.63) is 48.0 Å². The van der Waals surface area contributed by atoms with Gasteiger partial charge in [0.25, 0.3) is 0 Å². The summed E-state index contributed by atoms with van der Waals surface area (Å²) < 4.78 is 9.99. The summed E-state index contributed by atoms with van der Waals surface area (Å²) in [5.41, 5.74) is 0.811. The minimum atomic E-state index is -1.05. The van der Waals surface area contributed by atoms with Crippen LogP contribution < -0.4 is 0 Å². The first-order valence-electron chi connectivity index (χ1n) is 5.64. The number of ether oxygens (including phenoxy) is 2. The summed E-state index contributed by atoms with van der Waals surface area (Å²) >= 11 is 0. The Labute approximate surface area is 106 Å². The highest BCUT2D eigenvalue weighted by molar-refractivity contribution is 5.89. The molecule has 0 aliphatic rings. The van der Waals surface area contributed by atoms with E-state index >= 15 is 0 Å². The highest BCUT2D eigenvalue weighted by Gasteiger charge is 2.26. The van der Waals surface area contributed by atoms with Crippen molar-refractivity contribution in [2.75, 3.05) is 6.61 Å². The van der Waals surface area contributed by atoms with E-state index in [2.05, 4.69) is 6.58 Å². The Kier molecular flexibility index (Phi) is 5.11. The van der Waals surface area contributed by atoms with Crippen LogP contribution in [-0.2, 0) is 19.1 Å². The van der Waals surface area contributed by atoms with E-state index in [1.54, 1.807) is 31.2 Å². The zero-order chi connectivity index (χ0) is 13.5. The number of carbonyl (C=O) groups excluding carboxylic acids is 2. The van der Waals surface area contributed by atoms with E-state index in [0.29, 0.717) is 5.56 Å². The molecular formula is C14H16O4. The molecule has 0 amide bonds. The van der Waals surface area contributed by atoms with Gasteiger partial charge in [0.1, 0.15) is 0 Å².